The fourth-order valence-electron chi connectivity index (χ4n) is 2.20. The van der Waals surface area contributed by atoms with Gasteiger partial charge in [-0.15, -0.1) is 0 Å². The number of aliphatic hydroxyl groups excluding tert-OH is 1. The monoisotopic (exact) mass is 278 g/mol. The molecule has 0 heterocycles. The summed E-state index contributed by atoms with van der Waals surface area (Å²) in [5.41, 5.74) is 7.10. The molecule has 0 aliphatic carbocycles. The SMILES string of the molecule is CC(C)CC(CO)NC(=O)CCC(N)c1ccccc1. The van der Waals surface area contributed by atoms with Crippen LogP contribution in [0.1, 0.15) is 44.7 Å². The van der Waals surface area contributed by atoms with Gasteiger partial charge in [-0.2, -0.15) is 0 Å². The first-order valence-corrected chi connectivity index (χ1v) is 7.23. The molecular formula is C16H26N2O2. The number of nitrogens with one attached hydrogen (secondary N) is 1. The van der Waals surface area contributed by atoms with Crippen molar-refractivity contribution in [1.82, 2.24) is 5.32 Å². The molecule has 1 aromatic rings. The summed E-state index contributed by atoms with van der Waals surface area (Å²) in [6.45, 7) is 4.12. The van der Waals surface area contributed by atoms with Crippen LogP contribution >= 0.6 is 0 Å². The van der Waals surface area contributed by atoms with Gasteiger partial charge in [0.05, 0.1) is 12.6 Å². The second kappa shape index (κ2) is 8.72. The van der Waals surface area contributed by atoms with Gasteiger partial charge in [0.1, 0.15) is 0 Å². The first-order valence-electron chi connectivity index (χ1n) is 7.23. The lowest BCUT2D eigenvalue weighted by molar-refractivity contribution is -0.122. The molecule has 112 valence electrons. The Hall–Kier alpha value is -1.39. The molecule has 20 heavy (non-hydrogen) atoms. The molecule has 0 bridgehead atoms. The Balaban J connectivity index is 2.35. The van der Waals surface area contributed by atoms with Gasteiger partial charge in [-0.05, 0) is 24.3 Å². The number of hydrogen-bond acceptors (Lipinski definition) is 3. The molecule has 0 fully saturated rings. The van der Waals surface area contributed by atoms with Crippen LogP contribution in [-0.4, -0.2) is 23.7 Å². The molecule has 4 N–H and O–H groups in total. The number of aliphatic hydroxyl groups is 1. The second-order valence-corrected chi connectivity index (χ2v) is 5.63. The average molecular weight is 278 g/mol. The van der Waals surface area contributed by atoms with E-state index >= 15 is 0 Å². The van der Waals surface area contributed by atoms with Gasteiger partial charge in [0.2, 0.25) is 5.91 Å². The minimum absolute atomic E-state index is 0.0192. The van der Waals surface area contributed by atoms with E-state index in [1.165, 1.54) is 0 Å². The van der Waals surface area contributed by atoms with Crippen molar-refractivity contribution < 1.29 is 9.90 Å². The topological polar surface area (TPSA) is 75.3 Å². The van der Waals surface area contributed by atoms with Crippen molar-refractivity contribution in [3.8, 4) is 0 Å². The zero-order valence-corrected chi connectivity index (χ0v) is 12.4. The second-order valence-electron chi connectivity index (χ2n) is 5.63. The van der Waals surface area contributed by atoms with E-state index in [1.54, 1.807) is 0 Å². The fourth-order valence-corrected chi connectivity index (χ4v) is 2.20. The van der Waals surface area contributed by atoms with E-state index in [2.05, 4.69) is 19.2 Å². The van der Waals surface area contributed by atoms with Crippen molar-refractivity contribution in [2.24, 2.45) is 11.7 Å². The third-order valence-electron chi connectivity index (χ3n) is 3.25. The Morgan fingerprint density at radius 3 is 2.50 bits per heavy atom. The lowest BCUT2D eigenvalue weighted by Crippen LogP contribution is -2.38. The van der Waals surface area contributed by atoms with Crippen LogP contribution in [-0.2, 0) is 4.79 Å². The summed E-state index contributed by atoms with van der Waals surface area (Å²) in [5.74, 6) is 0.398. The average Bonchev–Trinajstić information content (AvgIpc) is 2.44. The van der Waals surface area contributed by atoms with Crippen molar-refractivity contribution in [2.75, 3.05) is 6.61 Å². The smallest absolute Gasteiger partial charge is 0.220 e. The normalized spacial score (nSPS) is 14.1. The van der Waals surface area contributed by atoms with Gasteiger partial charge < -0.3 is 16.2 Å². The van der Waals surface area contributed by atoms with Gasteiger partial charge in [0.25, 0.3) is 0 Å². The third kappa shape index (κ3) is 6.17. The van der Waals surface area contributed by atoms with Crippen LogP contribution in [0.25, 0.3) is 0 Å². The molecule has 0 radical (unpaired) electrons. The number of hydrogen-bond donors (Lipinski definition) is 3. The van der Waals surface area contributed by atoms with Crippen LogP contribution in [0.3, 0.4) is 0 Å². The molecule has 0 aromatic heterocycles. The van der Waals surface area contributed by atoms with Crippen LogP contribution in [0.15, 0.2) is 30.3 Å². The standard InChI is InChI=1S/C16H26N2O2/c1-12(2)10-14(11-19)18-16(20)9-8-15(17)13-6-4-3-5-7-13/h3-7,12,14-15,19H,8-11,17H2,1-2H3,(H,18,20). The van der Waals surface area contributed by atoms with E-state index < -0.39 is 0 Å². The molecule has 2 atom stereocenters. The number of nitrogens with two attached hydrogens (primary N) is 1. The summed E-state index contributed by atoms with van der Waals surface area (Å²) in [5, 5.41) is 12.1. The summed E-state index contributed by atoms with van der Waals surface area (Å²) in [4.78, 5) is 11.9. The molecule has 0 aliphatic rings. The van der Waals surface area contributed by atoms with Crippen molar-refractivity contribution >= 4 is 5.91 Å². The van der Waals surface area contributed by atoms with Crippen molar-refractivity contribution in [1.29, 1.82) is 0 Å². The summed E-state index contributed by atoms with van der Waals surface area (Å²) in [7, 11) is 0. The third-order valence-corrected chi connectivity index (χ3v) is 3.25. The van der Waals surface area contributed by atoms with Crippen LogP contribution in [0.5, 0.6) is 0 Å². The first kappa shape index (κ1) is 16.7. The highest BCUT2D eigenvalue weighted by atomic mass is 16.3. The fraction of sp³-hybridized carbons (Fsp3) is 0.562. The van der Waals surface area contributed by atoms with Crippen LogP contribution in [0.2, 0.25) is 0 Å². The number of benzene rings is 1. The molecule has 0 spiro atoms. The van der Waals surface area contributed by atoms with E-state index in [0.717, 1.165) is 12.0 Å². The van der Waals surface area contributed by atoms with Gasteiger partial charge >= 0.3 is 0 Å². The van der Waals surface area contributed by atoms with Crippen molar-refractivity contribution in [3.05, 3.63) is 35.9 Å². The minimum Gasteiger partial charge on any atom is -0.394 e. The molecule has 2 unspecified atom stereocenters. The summed E-state index contributed by atoms with van der Waals surface area (Å²) in [6.07, 6.45) is 1.77. The van der Waals surface area contributed by atoms with Gasteiger partial charge in [-0.3, -0.25) is 4.79 Å². The highest BCUT2D eigenvalue weighted by Crippen LogP contribution is 2.15. The maximum absolute atomic E-state index is 11.9. The molecule has 0 saturated carbocycles. The maximum atomic E-state index is 11.9. The number of rotatable bonds is 8. The Labute approximate surface area is 121 Å². The van der Waals surface area contributed by atoms with Gasteiger partial charge in [0.15, 0.2) is 0 Å². The summed E-state index contributed by atoms with van der Waals surface area (Å²) < 4.78 is 0. The highest BCUT2D eigenvalue weighted by Gasteiger charge is 2.14. The van der Waals surface area contributed by atoms with E-state index in [-0.39, 0.29) is 24.6 Å². The Morgan fingerprint density at radius 2 is 1.95 bits per heavy atom. The lowest BCUT2D eigenvalue weighted by Gasteiger charge is -2.19. The lowest BCUT2D eigenvalue weighted by atomic mass is 10.0. The molecule has 4 heteroatoms. The molecular weight excluding hydrogens is 252 g/mol. The van der Waals surface area contributed by atoms with E-state index in [4.69, 9.17) is 5.73 Å². The van der Waals surface area contributed by atoms with Gasteiger partial charge in [-0.1, -0.05) is 44.2 Å². The number of carbonyl (C=O) groups is 1. The van der Waals surface area contributed by atoms with E-state index in [9.17, 15) is 9.90 Å². The quantitative estimate of drug-likeness (QED) is 0.680. The Kier molecular flexibility index (Phi) is 7.26. The summed E-state index contributed by atoms with van der Waals surface area (Å²) in [6, 6.07) is 9.49. The molecule has 4 nitrogen and oxygen atoms in total. The minimum atomic E-state index is -0.157. The van der Waals surface area contributed by atoms with Gasteiger partial charge in [0, 0.05) is 12.5 Å². The molecule has 0 saturated heterocycles. The zero-order valence-electron chi connectivity index (χ0n) is 12.4. The Morgan fingerprint density at radius 1 is 1.30 bits per heavy atom. The number of amides is 1. The predicted octanol–water partition coefficient (Wildman–Crippen LogP) is 1.99. The maximum Gasteiger partial charge on any atom is 0.220 e. The van der Waals surface area contributed by atoms with Crippen LogP contribution < -0.4 is 11.1 Å². The predicted molar refractivity (Wildman–Crippen MR) is 81.1 cm³/mol. The Bertz CT molecular complexity index is 393. The number of carbonyl (C=O) groups excluding carboxylic acids is 1. The first-order chi connectivity index (χ1) is 9.52. The van der Waals surface area contributed by atoms with Crippen LogP contribution in [0, 0.1) is 5.92 Å². The van der Waals surface area contributed by atoms with E-state index in [0.29, 0.717) is 18.8 Å². The van der Waals surface area contributed by atoms with Gasteiger partial charge in [-0.25, -0.2) is 0 Å². The molecule has 1 aromatic carbocycles. The van der Waals surface area contributed by atoms with E-state index in [1.807, 2.05) is 30.3 Å². The van der Waals surface area contributed by atoms with Crippen molar-refractivity contribution in [3.63, 3.8) is 0 Å². The molecule has 1 amide bonds. The van der Waals surface area contributed by atoms with Crippen LogP contribution in [0.4, 0.5) is 0 Å². The highest BCUT2D eigenvalue weighted by molar-refractivity contribution is 5.76. The largest absolute Gasteiger partial charge is 0.394 e. The van der Waals surface area contributed by atoms with Crippen molar-refractivity contribution in [2.45, 2.75) is 45.2 Å². The summed E-state index contributed by atoms with van der Waals surface area (Å²) >= 11 is 0. The zero-order chi connectivity index (χ0) is 15.0. The molecule has 1 rings (SSSR count). The molecule has 0 aliphatic heterocycles.